The summed E-state index contributed by atoms with van der Waals surface area (Å²) in [5, 5.41) is 4.65. The maximum atomic E-state index is 13.1. The lowest BCUT2D eigenvalue weighted by Crippen LogP contribution is -2.46. The molecule has 1 N–H and O–H groups in total. The normalized spacial score (nSPS) is 15.4. The molecule has 0 unspecified atom stereocenters. The van der Waals surface area contributed by atoms with Crippen LogP contribution in [0.3, 0.4) is 0 Å². The lowest BCUT2D eigenvalue weighted by molar-refractivity contribution is -0.138. The van der Waals surface area contributed by atoms with Gasteiger partial charge in [0.2, 0.25) is 0 Å². The molecule has 2 aromatic heterocycles. The van der Waals surface area contributed by atoms with E-state index in [0.29, 0.717) is 28.4 Å². The minimum atomic E-state index is -4.41. The van der Waals surface area contributed by atoms with Crippen molar-refractivity contribution in [2.45, 2.75) is 18.8 Å². The Hall–Kier alpha value is -3.60. The number of nitrogens with one attached hydrogen (secondary N) is 1. The molecule has 3 heterocycles. The van der Waals surface area contributed by atoms with Gasteiger partial charge in [-0.3, -0.25) is 14.9 Å². The van der Waals surface area contributed by atoms with Crippen LogP contribution in [0.1, 0.15) is 17.5 Å². The number of hydrogen-bond acceptors (Lipinski definition) is 5. The molecule has 0 aliphatic carbocycles. The molecule has 38 heavy (non-hydrogen) atoms. The van der Waals surface area contributed by atoms with Crippen LogP contribution < -0.4 is 10.2 Å². The molecule has 4 aromatic rings. The summed E-state index contributed by atoms with van der Waals surface area (Å²) in [6.07, 6.45) is -4.94. The molecule has 5 nitrogen and oxygen atoms in total. The average Bonchev–Trinajstić information content (AvgIpc) is 2.89. The largest absolute Gasteiger partial charge is 0.416 e. The minimum absolute atomic E-state index is 0.291. The molecule has 0 atom stereocenters. The van der Waals surface area contributed by atoms with Gasteiger partial charge in [-0.15, -0.1) is 0 Å². The molecule has 0 saturated carbocycles. The van der Waals surface area contributed by atoms with Crippen LogP contribution in [0.15, 0.2) is 60.9 Å². The molecule has 2 aromatic carbocycles. The third kappa shape index (κ3) is 5.62. The summed E-state index contributed by atoms with van der Waals surface area (Å²) >= 11 is 0. The highest BCUT2D eigenvalue weighted by Gasteiger charge is 2.31. The van der Waals surface area contributed by atoms with E-state index in [1.165, 1.54) is 18.3 Å². The van der Waals surface area contributed by atoms with Gasteiger partial charge in [-0.2, -0.15) is 26.3 Å². The van der Waals surface area contributed by atoms with E-state index in [4.69, 9.17) is 0 Å². The lowest BCUT2D eigenvalue weighted by Gasteiger charge is -2.36. The lowest BCUT2D eigenvalue weighted by atomic mass is 10.1. The summed E-state index contributed by atoms with van der Waals surface area (Å²) in [6.45, 7) is 4.59. The number of aromatic nitrogens is 2. The van der Waals surface area contributed by atoms with Crippen molar-refractivity contribution in [2.75, 3.05) is 49.5 Å². The van der Waals surface area contributed by atoms with E-state index in [0.717, 1.165) is 74.8 Å². The van der Waals surface area contributed by atoms with Gasteiger partial charge in [-0.05, 0) is 49.4 Å². The number of benzene rings is 2. The number of nitrogens with zero attached hydrogens (tertiary/aromatic N) is 4. The Morgan fingerprint density at radius 2 is 1.29 bits per heavy atom. The van der Waals surface area contributed by atoms with Crippen molar-refractivity contribution in [2.24, 2.45) is 0 Å². The first-order valence-electron chi connectivity index (χ1n) is 12.2. The van der Waals surface area contributed by atoms with E-state index in [9.17, 15) is 26.3 Å². The van der Waals surface area contributed by atoms with Gasteiger partial charge in [0, 0.05) is 67.3 Å². The van der Waals surface area contributed by atoms with Crippen LogP contribution in [0.2, 0.25) is 0 Å². The summed E-state index contributed by atoms with van der Waals surface area (Å²) in [5.74, 6) is 0. The fourth-order valence-electron chi connectivity index (χ4n) is 4.80. The fourth-order valence-corrected chi connectivity index (χ4v) is 4.80. The highest BCUT2D eigenvalue weighted by molar-refractivity contribution is 5.92. The van der Waals surface area contributed by atoms with Gasteiger partial charge in [0.15, 0.2) is 0 Å². The van der Waals surface area contributed by atoms with E-state index >= 15 is 0 Å². The zero-order valence-corrected chi connectivity index (χ0v) is 20.3. The number of fused-ring (bicyclic) bond motifs is 2. The topological polar surface area (TPSA) is 44.3 Å². The van der Waals surface area contributed by atoms with Gasteiger partial charge in [0.05, 0.1) is 22.2 Å². The van der Waals surface area contributed by atoms with Crippen LogP contribution in [0.4, 0.5) is 37.7 Å². The molecular formula is C27H25F6N5. The quantitative estimate of drug-likeness (QED) is 0.228. The monoisotopic (exact) mass is 533 g/mol. The molecule has 0 radical (unpaired) electrons. The van der Waals surface area contributed by atoms with Crippen molar-refractivity contribution in [3.63, 3.8) is 0 Å². The SMILES string of the molecule is FC(F)(F)c1ccc2c(NCCCN3CCN(c4ccnc5cc(C(F)(F)F)ccc45)CC3)ccnc2c1. The van der Waals surface area contributed by atoms with Gasteiger partial charge in [-0.25, -0.2) is 0 Å². The first kappa shape index (κ1) is 26.0. The summed E-state index contributed by atoms with van der Waals surface area (Å²) in [7, 11) is 0. The van der Waals surface area contributed by atoms with Crippen LogP contribution in [0, 0.1) is 0 Å². The Kier molecular flexibility index (Phi) is 7.04. The van der Waals surface area contributed by atoms with Gasteiger partial charge in [0.25, 0.3) is 0 Å². The Morgan fingerprint density at radius 1 is 0.711 bits per heavy atom. The second-order valence-electron chi connectivity index (χ2n) is 9.26. The van der Waals surface area contributed by atoms with Crippen LogP contribution >= 0.6 is 0 Å². The molecule has 0 spiro atoms. The number of halogens is 6. The Bertz CT molecular complexity index is 1430. The van der Waals surface area contributed by atoms with Gasteiger partial charge in [-0.1, -0.05) is 12.1 Å². The number of hydrogen-bond donors (Lipinski definition) is 1. The van der Waals surface area contributed by atoms with Crippen molar-refractivity contribution >= 4 is 33.2 Å². The third-order valence-corrected chi connectivity index (χ3v) is 6.80. The van der Waals surface area contributed by atoms with Crippen molar-refractivity contribution in [3.05, 3.63) is 72.1 Å². The molecule has 0 bridgehead atoms. The van der Waals surface area contributed by atoms with Gasteiger partial charge in [0.1, 0.15) is 0 Å². The smallest absolute Gasteiger partial charge is 0.384 e. The maximum absolute atomic E-state index is 13.1. The second-order valence-corrected chi connectivity index (χ2v) is 9.26. The molecule has 1 fully saturated rings. The van der Waals surface area contributed by atoms with Gasteiger partial charge >= 0.3 is 12.4 Å². The Labute approximate surface area is 215 Å². The molecule has 1 saturated heterocycles. The summed E-state index contributed by atoms with van der Waals surface area (Å²) < 4.78 is 78.2. The van der Waals surface area contributed by atoms with Crippen molar-refractivity contribution in [1.82, 2.24) is 14.9 Å². The maximum Gasteiger partial charge on any atom is 0.416 e. The molecule has 11 heteroatoms. The predicted octanol–water partition coefficient (Wildman–Crippen LogP) is 6.44. The van der Waals surface area contributed by atoms with E-state index in [1.54, 1.807) is 12.3 Å². The van der Waals surface area contributed by atoms with Gasteiger partial charge < -0.3 is 10.2 Å². The average molecular weight is 534 g/mol. The fraction of sp³-hybridized carbons (Fsp3) is 0.333. The second kappa shape index (κ2) is 10.3. The Balaban J connectivity index is 1.14. The summed E-state index contributed by atoms with van der Waals surface area (Å²) in [4.78, 5) is 12.7. The Morgan fingerprint density at radius 3 is 1.92 bits per heavy atom. The van der Waals surface area contributed by atoms with Crippen molar-refractivity contribution < 1.29 is 26.3 Å². The predicted molar refractivity (Wildman–Crippen MR) is 135 cm³/mol. The van der Waals surface area contributed by atoms with Crippen molar-refractivity contribution in [1.29, 1.82) is 0 Å². The standard InChI is InChI=1S/C27H25F6N5/c28-26(29,30)18-2-4-20-22(6-9-35-23(20)16-18)34-8-1-11-37-12-14-38(15-13-37)25-7-10-36-24-17-19(27(31,32)33)3-5-21(24)25/h2-7,9-10,16-17H,1,8,11-15H2,(H,34,35). The summed E-state index contributed by atoms with van der Waals surface area (Å²) in [6, 6.07) is 10.8. The highest BCUT2D eigenvalue weighted by atomic mass is 19.4. The highest BCUT2D eigenvalue weighted by Crippen LogP contribution is 2.34. The van der Waals surface area contributed by atoms with Crippen LogP contribution in [0.5, 0.6) is 0 Å². The van der Waals surface area contributed by atoms with E-state index in [2.05, 4.69) is 25.1 Å². The molecule has 5 rings (SSSR count). The number of anilines is 2. The zero-order chi connectivity index (χ0) is 26.9. The summed E-state index contributed by atoms with van der Waals surface area (Å²) in [5.41, 5.74) is 0.803. The number of piperazine rings is 1. The van der Waals surface area contributed by atoms with Crippen LogP contribution in [-0.4, -0.2) is 54.1 Å². The number of pyridine rings is 2. The van der Waals surface area contributed by atoms with E-state index in [-0.39, 0.29) is 0 Å². The molecule has 1 aliphatic heterocycles. The minimum Gasteiger partial charge on any atom is -0.384 e. The van der Waals surface area contributed by atoms with Crippen molar-refractivity contribution in [3.8, 4) is 0 Å². The first-order valence-corrected chi connectivity index (χ1v) is 12.2. The molecular weight excluding hydrogens is 508 g/mol. The third-order valence-electron chi connectivity index (χ3n) is 6.80. The molecule has 200 valence electrons. The number of rotatable bonds is 6. The van der Waals surface area contributed by atoms with E-state index < -0.39 is 23.5 Å². The van der Waals surface area contributed by atoms with E-state index in [1.807, 2.05) is 6.07 Å². The molecule has 0 amide bonds. The number of alkyl halides is 6. The van der Waals surface area contributed by atoms with Crippen LogP contribution in [0.25, 0.3) is 21.8 Å². The zero-order valence-electron chi connectivity index (χ0n) is 20.3. The first-order chi connectivity index (χ1) is 18.1. The molecule has 1 aliphatic rings. The van der Waals surface area contributed by atoms with Crippen LogP contribution in [-0.2, 0) is 12.4 Å².